The molecule has 1 aliphatic carbocycles. The first-order valence-electron chi connectivity index (χ1n) is 8.48. The van der Waals surface area contributed by atoms with Crippen LogP contribution in [0.2, 0.25) is 0 Å². The summed E-state index contributed by atoms with van der Waals surface area (Å²) in [6, 6.07) is -0.111. The largest absolute Gasteiger partial charge is 0.394 e. The maximum Gasteiger partial charge on any atom is 0.245 e. The first-order chi connectivity index (χ1) is 10.7. The van der Waals surface area contributed by atoms with Crippen LogP contribution in [0, 0.1) is 11.8 Å². The van der Waals surface area contributed by atoms with E-state index in [1.165, 1.54) is 25.3 Å². The molecule has 1 atom stereocenters. The zero-order valence-corrected chi connectivity index (χ0v) is 13.3. The lowest BCUT2D eigenvalue weighted by Crippen LogP contribution is -2.48. The van der Waals surface area contributed by atoms with E-state index in [1.807, 2.05) is 0 Å². The monoisotopic (exact) mass is 308 g/mol. The first-order valence-corrected chi connectivity index (χ1v) is 8.48. The molecule has 1 aliphatic heterocycles. The van der Waals surface area contributed by atoms with Crippen LogP contribution in [0.5, 0.6) is 0 Å². The van der Waals surface area contributed by atoms with Crippen molar-refractivity contribution in [3.8, 4) is 0 Å². The summed E-state index contributed by atoms with van der Waals surface area (Å²) in [4.78, 5) is 25.7. The minimum atomic E-state index is -0.111. The van der Waals surface area contributed by atoms with Gasteiger partial charge in [0.2, 0.25) is 11.8 Å². The molecule has 1 saturated carbocycles. The van der Waals surface area contributed by atoms with Crippen molar-refractivity contribution >= 4 is 11.8 Å². The molecular formula is C17H28N2O3. The number of nitrogens with zero attached hydrogens (tertiary/aromatic N) is 1. The van der Waals surface area contributed by atoms with Crippen molar-refractivity contribution in [3.05, 3.63) is 12.7 Å². The standard InChI is InChI=1S/C17H28N2O3/c1-2-16(21)19-10-8-14(9-11-19)17(22)18-15(12-20)13-6-4-3-5-7-13/h2,13-15,20H,1,3-12H2,(H,18,22). The molecule has 0 radical (unpaired) electrons. The minimum Gasteiger partial charge on any atom is -0.394 e. The summed E-state index contributed by atoms with van der Waals surface area (Å²) < 4.78 is 0. The molecule has 2 rings (SSSR count). The van der Waals surface area contributed by atoms with Crippen molar-refractivity contribution in [3.63, 3.8) is 0 Å². The van der Waals surface area contributed by atoms with Gasteiger partial charge in [-0.2, -0.15) is 0 Å². The third kappa shape index (κ3) is 4.32. The van der Waals surface area contributed by atoms with E-state index >= 15 is 0 Å². The van der Waals surface area contributed by atoms with Gasteiger partial charge >= 0.3 is 0 Å². The highest BCUT2D eigenvalue weighted by Crippen LogP contribution is 2.27. The summed E-state index contributed by atoms with van der Waals surface area (Å²) in [6.07, 6.45) is 8.54. The Kier molecular flexibility index (Phi) is 6.43. The Morgan fingerprint density at radius 3 is 2.36 bits per heavy atom. The Morgan fingerprint density at radius 2 is 1.82 bits per heavy atom. The van der Waals surface area contributed by atoms with Crippen molar-refractivity contribution in [2.45, 2.75) is 51.0 Å². The zero-order chi connectivity index (χ0) is 15.9. The van der Waals surface area contributed by atoms with E-state index in [9.17, 15) is 14.7 Å². The summed E-state index contributed by atoms with van der Waals surface area (Å²) in [5.74, 6) is 0.335. The van der Waals surface area contributed by atoms with Crippen LogP contribution in [0.3, 0.4) is 0 Å². The van der Waals surface area contributed by atoms with E-state index in [4.69, 9.17) is 0 Å². The quantitative estimate of drug-likeness (QED) is 0.756. The van der Waals surface area contributed by atoms with Crippen LogP contribution in [0.1, 0.15) is 44.9 Å². The van der Waals surface area contributed by atoms with E-state index < -0.39 is 0 Å². The molecule has 0 aromatic rings. The third-order valence-corrected chi connectivity index (χ3v) is 5.10. The second kappa shape index (κ2) is 8.32. The fourth-order valence-corrected chi connectivity index (χ4v) is 3.64. The third-order valence-electron chi connectivity index (χ3n) is 5.10. The molecule has 1 heterocycles. The van der Waals surface area contributed by atoms with Gasteiger partial charge in [-0.1, -0.05) is 25.8 Å². The summed E-state index contributed by atoms with van der Waals surface area (Å²) in [7, 11) is 0. The van der Waals surface area contributed by atoms with Gasteiger partial charge in [0.05, 0.1) is 12.6 Å². The van der Waals surface area contributed by atoms with Crippen LogP contribution >= 0.6 is 0 Å². The molecule has 0 bridgehead atoms. The van der Waals surface area contributed by atoms with E-state index in [2.05, 4.69) is 11.9 Å². The van der Waals surface area contributed by atoms with E-state index in [0.717, 1.165) is 12.8 Å². The van der Waals surface area contributed by atoms with Gasteiger partial charge in [0, 0.05) is 19.0 Å². The number of likely N-dealkylation sites (tertiary alicyclic amines) is 1. The molecule has 0 spiro atoms. The number of rotatable bonds is 5. The summed E-state index contributed by atoms with van der Waals surface area (Å²) in [5, 5.41) is 12.6. The summed E-state index contributed by atoms with van der Waals surface area (Å²) in [6.45, 7) is 4.73. The topological polar surface area (TPSA) is 69.6 Å². The number of aliphatic hydroxyl groups excluding tert-OH is 1. The maximum atomic E-state index is 12.4. The molecule has 5 nitrogen and oxygen atoms in total. The SMILES string of the molecule is C=CC(=O)N1CCC(C(=O)NC(CO)C2CCCCC2)CC1. The number of carbonyl (C=O) groups excluding carboxylic acids is 2. The molecule has 1 saturated heterocycles. The average Bonchev–Trinajstić information content (AvgIpc) is 2.59. The number of carbonyl (C=O) groups is 2. The fourth-order valence-electron chi connectivity index (χ4n) is 3.64. The lowest BCUT2D eigenvalue weighted by molar-refractivity contribution is -0.132. The van der Waals surface area contributed by atoms with Gasteiger partial charge in [0.15, 0.2) is 0 Å². The predicted octanol–water partition coefficient (Wildman–Crippen LogP) is 1.47. The van der Waals surface area contributed by atoms with E-state index in [-0.39, 0.29) is 30.4 Å². The van der Waals surface area contributed by atoms with E-state index in [1.54, 1.807) is 4.90 Å². The molecule has 1 unspecified atom stereocenters. The fraction of sp³-hybridized carbons (Fsp3) is 0.765. The first kappa shape index (κ1) is 17.0. The van der Waals surface area contributed by atoms with Gasteiger partial charge in [-0.05, 0) is 37.7 Å². The normalized spacial score (nSPS) is 22.1. The molecule has 0 aromatic carbocycles. The molecule has 2 fully saturated rings. The van der Waals surface area contributed by atoms with Crippen molar-refractivity contribution < 1.29 is 14.7 Å². The van der Waals surface area contributed by atoms with Crippen molar-refractivity contribution in [2.75, 3.05) is 19.7 Å². The molecule has 22 heavy (non-hydrogen) atoms. The molecule has 5 heteroatoms. The highest BCUT2D eigenvalue weighted by atomic mass is 16.3. The van der Waals surface area contributed by atoms with Crippen LogP contribution in [-0.2, 0) is 9.59 Å². The predicted molar refractivity (Wildman–Crippen MR) is 85.1 cm³/mol. The van der Waals surface area contributed by atoms with Gasteiger partial charge in [-0.15, -0.1) is 0 Å². The smallest absolute Gasteiger partial charge is 0.245 e. The molecular weight excluding hydrogens is 280 g/mol. The highest BCUT2D eigenvalue weighted by molar-refractivity contribution is 5.87. The zero-order valence-electron chi connectivity index (χ0n) is 13.3. The number of piperidine rings is 1. The van der Waals surface area contributed by atoms with Crippen molar-refractivity contribution in [1.29, 1.82) is 0 Å². The molecule has 0 aromatic heterocycles. The molecule has 124 valence electrons. The van der Waals surface area contributed by atoms with Crippen LogP contribution in [0.15, 0.2) is 12.7 Å². The Hall–Kier alpha value is -1.36. The summed E-state index contributed by atoms with van der Waals surface area (Å²) in [5.41, 5.74) is 0. The van der Waals surface area contributed by atoms with E-state index in [0.29, 0.717) is 31.8 Å². The van der Waals surface area contributed by atoms with Crippen molar-refractivity contribution in [1.82, 2.24) is 10.2 Å². The van der Waals surface area contributed by atoms with Gasteiger partial charge in [0.1, 0.15) is 0 Å². The number of nitrogens with one attached hydrogen (secondary N) is 1. The Balaban J connectivity index is 1.81. The second-order valence-corrected chi connectivity index (χ2v) is 6.50. The second-order valence-electron chi connectivity index (χ2n) is 6.50. The highest BCUT2D eigenvalue weighted by Gasteiger charge is 2.30. The minimum absolute atomic E-state index is 0.0181. The lowest BCUT2D eigenvalue weighted by atomic mass is 9.83. The molecule has 2 N–H and O–H groups in total. The van der Waals surface area contributed by atoms with Crippen LogP contribution in [-0.4, -0.2) is 47.6 Å². The number of hydrogen-bond donors (Lipinski definition) is 2. The number of aliphatic hydroxyl groups is 1. The van der Waals surface area contributed by atoms with Crippen LogP contribution in [0.25, 0.3) is 0 Å². The Labute approximate surface area is 132 Å². The van der Waals surface area contributed by atoms with Crippen molar-refractivity contribution in [2.24, 2.45) is 11.8 Å². The van der Waals surface area contributed by atoms with Gasteiger partial charge < -0.3 is 15.3 Å². The van der Waals surface area contributed by atoms with Gasteiger partial charge in [0.25, 0.3) is 0 Å². The number of amides is 2. The summed E-state index contributed by atoms with van der Waals surface area (Å²) >= 11 is 0. The van der Waals surface area contributed by atoms with Gasteiger partial charge in [-0.25, -0.2) is 0 Å². The lowest BCUT2D eigenvalue weighted by Gasteiger charge is -2.34. The Morgan fingerprint density at radius 1 is 1.18 bits per heavy atom. The molecule has 2 aliphatic rings. The Bertz CT molecular complexity index is 397. The van der Waals surface area contributed by atoms with Crippen LogP contribution < -0.4 is 5.32 Å². The number of hydrogen-bond acceptors (Lipinski definition) is 3. The van der Waals surface area contributed by atoms with Crippen LogP contribution in [0.4, 0.5) is 0 Å². The molecule has 2 amide bonds. The van der Waals surface area contributed by atoms with Gasteiger partial charge in [-0.3, -0.25) is 9.59 Å². The maximum absolute atomic E-state index is 12.4. The average molecular weight is 308 g/mol.